The van der Waals surface area contributed by atoms with Crippen molar-refractivity contribution in [1.82, 2.24) is 9.88 Å². The van der Waals surface area contributed by atoms with Gasteiger partial charge < -0.3 is 29.6 Å². The van der Waals surface area contributed by atoms with Crippen LogP contribution >= 0.6 is 0 Å². The van der Waals surface area contributed by atoms with Crippen LogP contribution in [0.2, 0.25) is 0 Å². The second-order valence-electron chi connectivity index (χ2n) is 11.8. The van der Waals surface area contributed by atoms with E-state index in [-0.39, 0.29) is 17.4 Å². The van der Waals surface area contributed by atoms with Crippen molar-refractivity contribution in [2.45, 2.75) is 19.8 Å². The van der Waals surface area contributed by atoms with E-state index < -0.39 is 28.9 Å². The van der Waals surface area contributed by atoms with Crippen LogP contribution in [0, 0.1) is 23.0 Å². The lowest BCUT2D eigenvalue weighted by Gasteiger charge is -2.26. The van der Waals surface area contributed by atoms with Crippen LogP contribution in [0.15, 0.2) is 66.9 Å². The molecule has 2 aliphatic rings. The van der Waals surface area contributed by atoms with Crippen molar-refractivity contribution in [2.24, 2.45) is 11.3 Å². The van der Waals surface area contributed by atoms with E-state index in [0.717, 1.165) is 45.3 Å². The molecule has 1 aliphatic heterocycles. The zero-order valence-electron chi connectivity index (χ0n) is 26.2. The molecule has 10 nitrogen and oxygen atoms in total. The predicted molar refractivity (Wildman–Crippen MR) is 172 cm³/mol. The van der Waals surface area contributed by atoms with Gasteiger partial charge >= 0.3 is 0 Å². The minimum absolute atomic E-state index is 0.127. The van der Waals surface area contributed by atoms with Crippen LogP contribution in [0.25, 0.3) is 10.9 Å². The highest BCUT2D eigenvalue weighted by Gasteiger charge is 2.63. The Morgan fingerprint density at radius 2 is 1.66 bits per heavy atom. The molecule has 4 aromatic rings. The fraction of sp³-hybridized carbons (Fsp3) is 0.343. The quantitative estimate of drug-likeness (QED) is 0.142. The van der Waals surface area contributed by atoms with Gasteiger partial charge in [0, 0.05) is 60.8 Å². The molecule has 2 atom stereocenters. The first-order chi connectivity index (χ1) is 22.7. The van der Waals surface area contributed by atoms with E-state index in [9.17, 15) is 18.4 Å². The molecule has 2 amide bonds. The predicted octanol–water partition coefficient (Wildman–Crippen LogP) is 6.02. The maximum Gasteiger partial charge on any atom is 0.240 e. The Balaban J connectivity index is 1.15. The van der Waals surface area contributed by atoms with Gasteiger partial charge in [-0.2, -0.15) is 0 Å². The van der Waals surface area contributed by atoms with Gasteiger partial charge in [-0.3, -0.25) is 19.5 Å². The lowest BCUT2D eigenvalue weighted by molar-refractivity contribution is -0.131. The van der Waals surface area contributed by atoms with Crippen molar-refractivity contribution in [3.05, 3.63) is 78.5 Å². The molecule has 246 valence electrons. The number of rotatable bonds is 12. The molecule has 6 rings (SSSR count). The van der Waals surface area contributed by atoms with E-state index in [1.165, 1.54) is 36.4 Å². The number of carbonyl (C=O) groups excluding carboxylic acids is 2. The second-order valence-corrected chi connectivity index (χ2v) is 11.8. The number of nitrogens with one attached hydrogen (secondary N) is 2. The molecule has 0 radical (unpaired) electrons. The van der Waals surface area contributed by atoms with Crippen molar-refractivity contribution < 1.29 is 37.3 Å². The van der Waals surface area contributed by atoms with Crippen molar-refractivity contribution in [3.63, 3.8) is 0 Å². The molecule has 3 aromatic carbocycles. The van der Waals surface area contributed by atoms with Gasteiger partial charge in [-0.1, -0.05) is 6.92 Å². The molecule has 1 saturated heterocycles. The zero-order chi connectivity index (χ0) is 33.0. The SMILES string of the molecule is COc1cc2c(Oc3cc(F)cc(NC(=O)[C@@]4(C(=O)Nc5ccc(F)cc5)C[C@H]4C)c3)ccnc2cc1OCCCN1CCOCC1. The number of halogens is 2. The van der Waals surface area contributed by atoms with Crippen LogP contribution in [0.1, 0.15) is 19.8 Å². The van der Waals surface area contributed by atoms with Gasteiger partial charge in [0.2, 0.25) is 11.8 Å². The Labute approximate surface area is 271 Å². The summed E-state index contributed by atoms with van der Waals surface area (Å²) in [6, 6.07) is 14.3. The third-order valence-electron chi connectivity index (χ3n) is 8.55. The Morgan fingerprint density at radius 1 is 0.936 bits per heavy atom. The smallest absolute Gasteiger partial charge is 0.240 e. The Kier molecular flexibility index (Phi) is 9.50. The second kappa shape index (κ2) is 13.9. The average molecular weight is 647 g/mol. The van der Waals surface area contributed by atoms with E-state index in [1.54, 1.807) is 38.4 Å². The summed E-state index contributed by atoms with van der Waals surface area (Å²) >= 11 is 0. The van der Waals surface area contributed by atoms with Crippen LogP contribution in [0.3, 0.4) is 0 Å². The van der Waals surface area contributed by atoms with Crippen molar-refractivity contribution >= 4 is 34.1 Å². The fourth-order valence-electron chi connectivity index (χ4n) is 5.78. The number of morpholine rings is 1. The van der Waals surface area contributed by atoms with Crippen molar-refractivity contribution in [3.8, 4) is 23.0 Å². The minimum Gasteiger partial charge on any atom is -0.493 e. The lowest BCUT2D eigenvalue weighted by Crippen LogP contribution is -2.37. The molecule has 2 N–H and O–H groups in total. The molecule has 0 bridgehead atoms. The van der Waals surface area contributed by atoms with Gasteiger partial charge in [-0.05, 0) is 61.2 Å². The number of benzene rings is 3. The number of aromatic nitrogens is 1. The fourth-order valence-corrected chi connectivity index (χ4v) is 5.78. The zero-order valence-corrected chi connectivity index (χ0v) is 26.2. The maximum atomic E-state index is 14.8. The number of hydrogen-bond donors (Lipinski definition) is 2. The Hall–Kier alpha value is -4.81. The van der Waals surface area contributed by atoms with E-state index >= 15 is 0 Å². The summed E-state index contributed by atoms with van der Waals surface area (Å²) in [5, 5.41) is 5.99. The first-order valence-electron chi connectivity index (χ1n) is 15.5. The van der Waals surface area contributed by atoms with Gasteiger partial charge in [0.15, 0.2) is 11.5 Å². The highest BCUT2D eigenvalue weighted by molar-refractivity contribution is 6.17. The number of carbonyl (C=O) groups is 2. The summed E-state index contributed by atoms with van der Waals surface area (Å²) in [5.41, 5.74) is -0.259. The molecule has 2 fully saturated rings. The number of pyridine rings is 1. The first-order valence-corrected chi connectivity index (χ1v) is 15.5. The van der Waals surface area contributed by atoms with Gasteiger partial charge in [0.25, 0.3) is 0 Å². The standard InChI is InChI=1S/C35H36F2N4O6/c1-22-21-35(22,33(42)39-25-6-4-23(36)5-7-25)34(43)40-26-16-24(37)17-27(18-26)47-30-8-9-38-29-20-32(31(44-2)19-28(29)30)46-13-3-10-41-11-14-45-15-12-41/h4-9,16-20,22H,3,10-15,21H2,1-2H3,(H,39,42)(H,40,43)/t22-,35+/m1/s1. The van der Waals surface area contributed by atoms with E-state index in [0.29, 0.717) is 46.9 Å². The van der Waals surface area contributed by atoms with Crippen molar-refractivity contribution in [2.75, 3.05) is 57.2 Å². The Morgan fingerprint density at radius 3 is 2.36 bits per heavy atom. The molecule has 0 unspecified atom stereocenters. The summed E-state index contributed by atoms with van der Waals surface area (Å²) < 4.78 is 51.3. The van der Waals surface area contributed by atoms with E-state index in [2.05, 4.69) is 20.5 Å². The largest absolute Gasteiger partial charge is 0.493 e. The molecular weight excluding hydrogens is 610 g/mol. The van der Waals surface area contributed by atoms with Gasteiger partial charge in [0.05, 0.1) is 32.4 Å². The highest BCUT2D eigenvalue weighted by atomic mass is 19.1. The van der Waals surface area contributed by atoms with Crippen LogP contribution in [-0.2, 0) is 14.3 Å². The van der Waals surface area contributed by atoms with Gasteiger partial charge in [-0.25, -0.2) is 8.78 Å². The number of amides is 2. The van der Waals surface area contributed by atoms with Crippen LogP contribution in [0.5, 0.6) is 23.0 Å². The highest BCUT2D eigenvalue weighted by Crippen LogP contribution is 2.54. The summed E-state index contributed by atoms with van der Waals surface area (Å²) in [6.45, 7) is 6.53. The topological polar surface area (TPSA) is 111 Å². The molecule has 2 heterocycles. The normalized spacial score (nSPS) is 19.2. The molecule has 12 heteroatoms. The number of ether oxygens (including phenoxy) is 4. The summed E-state index contributed by atoms with van der Waals surface area (Å²) in [6.07, 6.45) is 2.73. The average Bonchev–Trinajstić information content (AvgIpc) is 3.76. The number of methoxy groups -OCH3 is 1. The number of nitrogens with zero attached hydrogens (tertiary/aromatic N) is 2. The molecule has 1 aliphatic carbocycles. The van der Waals surface area contributed by atoms with Crippen LogP contribution < -0.4 is 24.8 Å². The molecule has 1 aromatic heterocycles. The van der Waals surface area contributed by atoms with Gasteiger partial charge in [0.1, 0.15) is 28.5 Å². The third kappa shape index (κ3) is 7.28. The van der Waals surface area contributed by atoms with E-state index in [4.69, 9.17) is 18.9 Å². The molecule has 0 spiro atoms. The van der Waals surface area contributed by atoms with Crippen LogP contribution in [0.4, 0.5) is 20.2 Å². The summed E-state index contributed by atoms with van der Waals surface area (Å²) in [4.78, 5) is 33.3. The van der Waals surface area contributed by atoms with Crippen LogP contribution in [-0.4, -0.2) is 68.3 Å². The van der Waals surface area contributed by atoms with Gasteiger partial charge in [-0.15, -0.1) is 0 Å². The number of hydrogen-bond acceptors (Lipinski definition) is 8. The summed E-state index contributed by atoms with van der Waals surface area (Å²) in [7, 11) is 1.55. The number of fused-ring (bicyclic) bond motifs is 1. The molecule has 1 saturated carbocycles. The van der Waals surface area contributed by atoms with E-state index in [1.807, 2.05) is 0 Å². The third-order valence-corrected chi connectivity index (χ3v) is 8.55. The first kappa shape index (κ1) is 32.1. The number of anilines is 2. The monoisotopic (exact) mass is 646 g/mol. The maximum absolute atomic E-state index is 14.8. The molecule has 47 heavy (non-hydrogen) atoms. The van der Waals surface area contributed by atoms with Crippen molar-refractivity contribution in [1.29, 1.82) is 0 Å². The Bertz CT molecular complexity index is 1770. The molecular formula is C35H36F2N4O6. The minimum atomic E-state index is -1.35. The lowest BCUT2D eigenvalue weighted by atomic mass is 10.0. The summed E-state index contributed by atoms with van der Waals surface area (Å²) in [5.74, 6) is -0.852.